The Kier molecular flexibility index (Phi) is 5.64. The summed E-state index contributed by atoms with van der Waals surface area (Å²) in [4.78, 5) is 13.9. The molecule has 7 heteroatoms. The summed E-state index contributed by atoms with van der Waals surface area (Å²) >= 11 is 0. The number of nitrogens with zero attached hydrogens (tertiary/aromatic N) is 1. The quantitative estimate of drug-likeness (QED) is 0.852. The van der Waals surface area contributed by atoms with Crippen LogP contribution in [0.4, 0.5) is 13.2 Å². The second-order valence-electron chi connectivity index (χ2n) is 5.59. The first kappa shape index (κ1) is 17.7. The molecule has 1 saturated heterocycles. The van der Waals surface area contributed by atoms with Gasteiger partial charge in [-0.25, -0.2) is 0 Å². The van der Waals surface area contributed by atoms with Crippen molar-refractivity contribution in [2.24, 2.45) is 5.92 Å². The van der Waals surface area contributed by atoms with Crippen LogP contribution >= 0.6 is 0 Å². The van der Waals surface area contributed by atoms with Crippen LogP contribution in [0, 0.1) is 5.92 Å². The lowest BCUT2D eigenvalue weighted by molar-refractivity contribution is -0.146. The summed E-state index contributed by atoms with van der Waals surface area (Å²) in [6.45, 7) is 2.71. The van der Waals surface area contributed by atoms with E-state index in [0.29, 0.717) is 6.54 Å². The molecule has 0 saturated carbocycles. The van der Waals surface area contributed by atoms with Crippen LogP contribution in [0.1, 0.15) is 24.2 Å². The van der Waals surface area contributed by atoms with E-state index in [1.54, 1.807) is 17.9 Å². The Hall–Kier alpha value is -1.60. The molecular formula is C16H20F3NO3. The number of hydrogen-bond donors (Lipinski definition) is 0. The Morgan fingerprint density at radius 2 is 2.13 bits per heavy atom. The molecular weight excluding hydrogens is 311 g/mol. The third-order valence-corrected chi connectivity index (χ3v) is 3.83. The fourth-order valence-electron chi connectivity index (χ4n) is 2.71. The molecule has 128 valence electrons. The van der Waals surface area contributed by atoms with Crippen molar-refractivity contribution >= 4 is 5.91 Å². The highest BCUT2D eigenvalue weighted by Gasteiger charge is 2.37. The number of rotatable bonds is 4. The van der Waals surface area contributed by atoms with Gasteiger partial charge < -0.3 is 14.4 Å². The van der Waals surface area contributed by atoms with Gasteiger partial charge in [0.05, 0.1) is 31.2 Å². The molecule has 0 aliphatic carbocycles. The lowest BCUT2D eigenvalue weighted by Gasteiger charge is -2.35. The summed E-state index contributed by atoms with van der Waals surface area (Å²) in [5, 5.41) is 0. The number of carbonyl (C=O) groups is 1. The molecule has 0 N–H and O–H groups in total. The summed E-state index contributed by atoms with van der Waals surface area (Å²) < 4.78 is 49.9. The molecule has 0 unspecified atom stereocenters. The molecule has 0 aromatic heterocycles. The third kappa shape index (κ3) is 4.23. The van der Waals surface area contributed by atoms with E-state index in [2.05, 4.69) is 0 Å². The largest absolute Gasteiger partial charge is 0.416 e. The molecule has 2 rings (SSSR count). The fourth-order valence-corrected chi connectivity index (χ4v) is 2.71. The molecule has 23 heavy (non-hydrogen) atoms. The number of amides is 1. The first-order chi connectivity index (χ1) is 10.8. The molecule has 1 amide bonds. The third-order valence-electron chi connectivity index (χ3n) is 3.83. The molecule has 0 radical (unpaired) electrons. The predicted molar refractivity (Wildman–Crippen MR) is 77.8 cm³/mol. The van der Waals surface area contributed by atoms with E-state index in [1.165, 1.54) is 19.2 Å². The maximum absolute atomic E-state index is 13.1. The molecule has 1 aromatic rings. The van der Waals surface area contributed by atoms with Gasteiger partial charge >= 0.3 is 6.18 Å². The summed E-state index contributed by atoms with van der Waals surface area (Å²) in [5.41, 5.74) is -0.652. The Labute approximate surface area is 133 Å². The Morgan fingerprint density at radius 3 is 2.78 bits per heavy atom. The van der Waals surface area contributed by atoms with Gasteiger partial charge in [0, 0.05) is 13.7 Å². The molecule has 1 aliphatic rings. The van der Waals surface area contributed by atoms with Gasteiger partial charge in [0.15, 0.2) is 0 Å². The van der Waals surface area contributed by atoms with Crippen LogP contribution in [-0.2, 0) is 20.4 Å². The second kappa shape index (κ2) is 7.31. The molecule has 1 aromatic carbocycles. The first-order valence-electron chi connectivity index (χ1n) is 7.40. The number of carbonyl (C=O) groups excluding carboxylic acids is 1. The monoisotopic (exact) mass is 331 g/mol. The Balaban J connectivity index is 2.18. The number of halogens is 3. The Bertz CT molecular complexity index is 548. The molecule has 1 aliphatic heterocycles. The number of methoxy groups -OCH3 is 1. The van der Waals surface area contributed by atoms with Gasteiger partial charge in [-0.15, -0.1) is 0 Å². The van der Waals surface area contributed by atoms with E-state index < -0.39 is 17.8 Å². The van der Waals surface area contributed by atoms with E-state index >= 15 is 0 Å². The maximum Gasteiger partial charge on any atom is 0.416 e. The van der Waals surface area contributed by atoms with Crippen molar-refractivity contribution < 1.29 is 27.4 Å². The summed E-state index contributed by atoms with van der Waals surface area (Å²) in [5.74, 6) is -0.471. The zero-order valence-electron chi connectivity index (χ0n) is 13.1. The van der Waals surface area contributed by atoms with Gasteiger partial charge in [-0.2, -0.15) is 13.2 Å². The van der Waals surface area contributed by atoms with E-state index in [1.807, 2.05) is 0 Å². The SMILES string of the molecule is COC[C@H](C)C(=O)N1CCO[C@H](c2ccccc2C(F)(F)F)C1. The number of hydrogen-bond acceptors (Lipinski definition) is 3. The van der Waals surface area contributed by atoms with Crippen molar-refractivity contribution in [3.05, 3.63) is 35.4 Å². The van der Waals surface area contributed by atoms with Crippen LogP contribution in [-0.4, -0.2) is 44.2 Å². The second-order valence-corrected chi connectivity index (χ2v) is 5.59. The van der Waals surface area contributed by atoms with E-state index in [4.69, 9.17) is 9.47 Å². The average Bonchev–Trinajstić information content (AvgIpc) is 2.53. The van der Waals surface area contributed by atoms with Gasteiger partial charge in [-0.05, 0) is 11.6 Å². The average molecular weight is 331 g/mol. The number of benzene rings is 1. The number of ether oxygens (including phenoxy) is 2. The molecule has 4 nitrogen and oxygen atoms in total. The summed E-state index contributed by atoms with van der Waals surface area (Å²) in [6.07, 6.45) is -5.23. The van der Waals surface area contributed by atoms with Crippen LogP contribution in [0.2, 0.25) is 0 Å². The molecule has 0 bridgehead atoms. The minimum atomic E-state index is -4.45. The van der Waals surface area contributed by atoms with Crippen LogP contribution in [0.3, 0.4) is 0 Å². The van der Waals surface area contributed by atoms with E-state index in [9.17, 15) is 18.0 Å². The zero-order valence-corrected chi connectivity index (χ0v) is 13.1. The van der Waals surface area contributed by atoms with Crippen LogP contribution in [0.5, 0.6) is 0 Å². The van der Waals surface area contributed by atoms with E-state index in [-0.39, 0.29) is 37.1 Å². The molecule has 1 fully saturated rings. The van der Waals surface area contributed by atoms with E-state index in [0.717, 1.165) is 6.07 Å². The fraction of sp³-hybridized carbons (Fsp3) is 0.562. The predicted octanol–water partition coefficient (Wildman–Crippen LogP) is 2.89. The number of alkyl halides is 3. The minimum absolute atomic E-state index is 0.0666. The normalized spacial score (nSPS) is 20.4. The van der Waals surface area contributed by atoms with Crippen molar-refractivity contribution in [1.82, 2.24) is 4.90 Å². The lowest BCUT2D eigenvalue weighted by Crippen LogP contribution is -2.45. The van der Waals surface area contributed by atoms with Crippen molar-refractivity contribution in [3.8, 4) is 0 Å². The maximum atomic E-state index is 13.1. The summed E-state index contributed by atoms with van der Waals surface area (Å²) in [6, 6.07) is 5.33. The Morgan fingerprint density at radius 1 is 1.43 bits per heavy atom. The minimum Gasteiger partial charge on any atom is -0.384 e. The highest BCUT2D eigenvalue weighted by atomic mass is 19.4. The van der Waals surface area contributed by atoms with Crippen molar-refractivity contribution in [2.45, 2.75) is 19.2 Å². The first-order valence-corrected chi connectivity index (χ1v) is 7.40. The van der Waals surface area contributed by atoms with Crippen LogP contribution in [0.15, 0.2) is 24.3 Å². The van der Waals surface area contributed by atoms with Crippen LogP contribution in [0.25, 0.3) is 0 Å². The van der Waals surface area contributed by atoms with Gasteiger partial charge in [-0.1, -0.05) is 25.1 Å². The highest BCUT2D eigenvalue weighted by Crippen LogP contribution is 2.36. The molecule has 0 spiro atoms. The van der Waals surface area contributed by atoms with Gasteiger partial charge in [0.25, 0.3) is 0 Å². The zero-order chi connectivity index (χ0) is 17.0. The highest BCUT2D eigenvalue weighted by molar-refractivity contribution is 5.78. The van der Waals surface area contributed by atoms with Crippen molar-refractivity contribution in [3.63, 3.8) is 0 Å². The van der Waals surface area contributed by atoms with Crippen molar-refractivity contribution in [1.29, 1.82) is 0 Å². The van der Waals surface area contributed by atoms with Gasteiger partial charge in [0.1, 0.15) is 6.10 Å². The number of morpholine rings is 1. The van der Waals surface area contributed by atoms with Gasteiger partial charge in [-0.3, -0.25) is 4.79 Å². The van der Waals surface area contributed by atoms with Gasteiger partial charge in [0.2, 0.25) is 5.91 Å². The lowest BCUT2D eigenvalue weighted by atomic mass is 10.00. The van der Waals surface area contributed by atoms with Crippen LogP contribution < -0.4 is 0 Å². The van der Waals surface area contributed by atoms with Crippen molar-refractivity contribution in [2.75, 3.05) is 33.4 Å². The topological polar surface area (TPSA) is 38.8 Å². The summed E-state index contributed by atoms with van der Waals surface area (Å²) in [7, 11) is 1.51. The molecule has 1 heterocycles. The molecule has 2 atom stereocenters. The smallest absolute Gasteiger partial charge is 0.384 e. The standard InChI is InChI=1S/C16H20F3NO3/c1-11(10-22-2)15(21)20-7-8-23-14(9-20)12-5-3-4-6-13(12)16(17,18)19/h3-6,11,14H,7-10H2,1-2H3/t11-,14-/m0/s1.